The number of ketones is 1. The van der Waals surface area contributed by atoms with Crippen LogP contribution >= 0.6 is 0 Å². The minimum absolute atomic E-state index is 0.163. The molecular formula is C25H25NO4. The van der Waals surface area contributed by atoms with Gasteiger partial charge in [-0.1, -0.05) is 55.0 Å². The van der Waals surface area contributed by atoms with Crippen LogP contribution in [0.3, 0.4) is 0 Å². The van der Waals surface area contributed by atoms with Crippen LogP contribution in [-0.2, 0) is 11.4 Å². The maximum atomic E-state index is 12.7. The molecule has 4 rings (SSSR count). The Morgan fingerprint density at radius 2 is 1.73 bits per heavy atom. The van der Waals surface area contributed by atoms with Gasteiger partial charge in [-0.3, -0.25) is 9.59 Å². The highest BCUT2D eigenvalue weighted by molar-refractivity contribution is 5.83. The number of nitrogens with one attached hydrogen (secondary N) is 1. The number of rotatable bonds is 7. The minimum Gasteiger partial charge on any atom is -0.482 e. The highest BCUT2D eigenvalue weighted by Gasteiger charge is 2.33. The molecular weight excluding hydrogens is 378 g/mol. The van der Waals surface area contributed by atoms with Crippen LogP contribution in [-0.4, -0.2) is 5.78 Å². The van der Waals surface area contributed by atoms with E-state index < -0.39 is 6.04 Å². The maximum Gasteiger partial charge on any atom is 0.227 e. The van der Waals surface area contributed by atoms with Gasteiger partial charge < -0.3 is 14.5 Å². The molecule has 5 nitrogen and oxygen atoms in total. The maximum absolute atomic E-state index is 12.7. The fraction of sp³-hybridized carbons (Fsp3) is 0.280. The molecule has 0 aliphatic heterocycles. The number of anilines is 1. The van der Waals surface area contributed by atoms with Crippen molar-refractivity contribution in [3.05, 3.63) is 94.5 Å². The standard InChI is InChI=1S/C25H25NO4/c27-21-14-8-7-13-20(21)25(26-19-11-5-2-6-12-19)23-15-22(28)24(17-30-23)29-16-18-9-3-1-4-10-18/h1-6,9-12,15,17,20,25-26H,7-8,13-14,16H2/t20-,25-/m0/s1. The van der Waals surface area contributed by atoms with Crippen molar-refractivity contribution in [1.29, 1.82) is 0 Å². The average Bonchev–Trinajstić information content (AvgIpc) is 2.79. The Bertz CT molecular complexity index is 1030. The summed E-state index contributed by atoms with van der Waals surface area (Å²) in [5, 5.41) is 3.41. The summed E-state index contributed by atoms with van der Waals surface area (Å²) in [6.45, 7) is 0.289. The smallest absolute Gasteiger partial charge is 0.227 e. The summed E-state index contributed by atoms with van der Waals surface area (Å²) in [4.78, 5) is 25.3. The monoisotopic (exact) mass is 403 g/mol. The molecule has 1 aromatic heterocycles. The Kier molecular flexibility index (Phi) is 6.28. The molecule has 0 saturated heterocycles. The molecule has 0 spiro atoms. The number of hydrogen-bond acceptors (Lipinski definition) is 5. The first-order chi connectivity index (χ1) is 14.7. The normalized spacial score (nSPS) is 17.3. The van der Waals surface area contributed by atoms with Crippen molar-refractivity contribution < 1.29 is 13.9 Å². The fourth-order valence-electron chi connectivity index (χ4n) is 3.86. The molecule has 1 aliphatic carbocycles. The highest BCUT2D eigenvalue weighted by Crippen LogP contribution is 2.34. The lowest BCUT2D eigenvalue weighted by molar-refractivity contribution is -0.125. The second-order valence-corrected chi connectivity index (χ2v) is 7.59. The molecule has 1 N–H and O–H groups in total. The number of para-hydroxylation sites is 1. The first-order valence-electron chi connectivity index (χ1n) is 10.3. The topological polar surface area (TPSA) is 68.5 Å². The van der Waals surface area contributed by atoms with Gasteiger partial charge in [0, 0.05) is 24.1 Å². The molecule has 0 unspecified atom stereocenters. The zero-order valence-electron chi connectivity index (χ0n) is 16.8. The summed E-state index contributed by atoms with van der Waals surface area (Å²) in [7, 11) is 0. The van der Waals surface area contributed by atoms with Gasteiger partial charge in [0.15, 0.2) is 0 Å². The van der Waals surface area contributed by atoms with E-state index in [9.17, 15) is 9.59 Å². The van der Waals surface area contributed by atoms with Crippen molar-refractivity contribution in [2.45, 2.75) is 38.3 Å². The van der Waals surface area contributed by atoms with Gasteiger partial charge in [-0.15, -0.1) is 0 Å². The first kappa shape index (κ1) is 20.0. The molecule has 2 aromatic carbocycles. The molecule has 1 fully saturated rings. The number of ether oxygens (including phenoxy) is 1. The van der Waals surface area contributed by atoms with Crippen molar-refractivity contribution in [2.75, 3.05) is 5.32 Å². The predicted molar refractivity (Wildman–Crippen MR) is 116 cm³/mol. The number of carbonyl (C=O) groups is 1. The Labute approximate surface area is 175 Å². The molecule has 2 atom stereocenters. The van der Waals surface area contributed by atoms with Crippen LogP contribution in [0.4, 0.5) is 5.69 Å². The van der Waals surface area contributed by atoms with E-state index in [1.165, 1.54) is 12.3 Å². The highest BCUT2D eigenvalue weighted by atomic mass is 16.5. The molecule has 5 heteroatoms. The Morgan fingerprint density at radius 1 is 1.00 bits per heavy atom. The third kappa shape index (κ3) is 4.79. The van der Waals surface area contributed by atoms with Gasteiger partial charge in [-0.05, 0) is 30.5 Å². The Morgan fingerprint density at radius 3 is 2.43 bits per heavy atom. The van der Waals surface area contributed by atoms with Gasteiger partial charge in [0.2, 0.25) is 11.2 Å². The molecule has 0 radical (unpaired) electrons. The van der Waals surface area contributed by atoms with Crippen LogP contribution in [0.15, 0.2) is 82.2 Å². The molecule has 1 heterocycles. The van der Waals surface area contributed by atoms with Crippen LogP contribution < -0.4 is 15.5 Å². The average molecular weight is 403 g/mol. The van der Waals surface area contributed by atoms with E-state index in [0.29, 0.717) is 12.2 Å². The van der Waals surface area contributed by atoms with Crippen LogP contribution in [0.25, 0.3) is 0 Å². The van der Waals surface area contributed by atoms with Crippen LogP contribution in [0, 0.1) is 5.92 Å². The van der Waals surface area contributed by atoms with Gasteiger partial charge in [-0.2, -0.15) is 0 Å². The minimum atomic E-state index is -0.393. The van der Waals surface area contributed by atoms with Crippen molar-refractivity contribution in [1.82, 2.24) is 0 Å². The Balaban J connectivity index is 1.57. The van der Waals surface area contributed by atoms with Crippen molar-refractivity contribution in [3.8, 4) is 5.75 Å². The van der Waals surface area contributed by atoms with E-state index in [1.807, 2.05) is 60.7 Å². The van der Waals surface area contributed by atoms with Crippen molar-refractivity contribution in [2.24, 2.45) is 5.92 Å². The zero-order valence-corrected chi connectivity index (χ0v) is 16.8. The number of hydrogen-bond donors (Lipinski definition) is 1. The van der Waals surface area contributed by atoms with Gasteiger partial charge in [0.25, 0.3) is 0 Å². The summed E-state index contributed by atoms with van der Waals surface area (Å²) in [6, 6.07) is 20.4. The van der Waals surface area contributed by atoms with Crippen LogP contribution in [0.5, 0.6) is 5.75 Å². The first-order valence-corrected chi connectivity index (χ1v) is 10.3. The largest absolute Gasteiger partial charge is 0.482 e. The van der Waals surface area contributed by atoms with Crippen molar-refractivity contribution >= 4 is 11.5 Å². The summed E-state index contributed by atoms with van der Waals surface area (Å²) < 4.78 is 11.5. The Hall–Kier alpha value is -3.34. The van der Waals surface area contributed by atoms with E-state index in [4.69, 9.17) is 9.15 Å². The molecule has 0 amide bonds. The molecule has 1 aliphatic rings. The number of Topliss-reactive ketones (excluding diaryl/α,β-unsaturated/α-hetero) is 1. The summed E-state index contributed by atoms with van der Waals surface area (Å²) in [5.74, 6) is 0.604. The number of carbonyl (C=O) groups excluding carboxylic acids is 1. The molecule has 3 aromatic rings. The van der Waals surface area contributed by atoms with Gasteiger partial charge in [0.1, 0.15) is 24.4 Å². The molecule has 1 saturated carbocycles. The molecule has 0 bridgehead atoms. The predicted octanol–water partition coefficient (Wildman–Crippen LogP) is 5.13. The summed E-state index contributed by atoms with van der Waals surface area (Å²) in [5.41, 5.74) is 1.60. The lowest BCUT2D eigenvalue weighted by atomic mass is 9.81. The zero-order chi connectivity index (χ0) is 20.8. The van der Waals surface area contributed by atoms with E-state index in [1.54, 1.807) is 0 Å². The van der Waals surface area contributed by atoms with Crippen LogP contribution in [0.2, 0.25) is 0 Å². The SMILES string of the molecule is O=C1CCCC[C@@H]1[C@H](Nc1ccccc1)c1cc(=O)c(OCc2ccccc2)co1. The van der Waals surface area contributed by atoms with Gasteiger partial charge in [-0.25, -0.2) is 0 Å². The molecule has 30 heavy (non-hydrogen) atoms. The third-order valence-corrected chi connectivity index (χ3v) is 5.46. The summed E-state index contributed by atoms with van der Waals surface area (Å²) in [6.07, 6.45) is 4.61. The lowest BCUT2D eigenvalue weighted by Gasteiger charge is -2.29. The quantitative estimate of drug-likeness (QED) is 0.592. The van der Waals surface area contributed by atoms with E-state index in [2.05, 4.69) is 5.32 Å². The van der Waals surface area contributed by atoms with Crippen LogP contribution in [0.1, 0.15) is 43.0 Å². The van der Waals surface area contributed by atoms with Gasteiger partial charge in [0.05, 0.1) is 6.04 Å². The fourth-order valence-corrected chi connectivity index (χ4v) is 3.86. The van der Waals surface area contributed by atoms with E-state index in [0.717, 1.165) is 30.5 Å². The summed E-state index contributed by atoms with van der Waals surface area (Å²) >= 11 is 0. The third-order valence-electron chi connectivity index (χ3n) is 5.46. The van der Waals surface area contributed by atoms with E-state index >= 15 is 0 Å². The number of benzene rings is 2. The second kappa shape index (κ2) is 9.44. The molecule has 154 valence electrons. The van der Waals surface area contributed by atoms with E-state index in [-0.39, 0.29) is 29.5 Å². The van der Waals surface area contributed by atoms with Crippen molar-refractivity contribution in [3.63, 3.8) is 0 Å². The van der Waals surface area contributed by atoms with Gasteiger partial charge >= 0.3 is 0 Å². The second-order valence-electron chi connectivity index (χ2n) is 7.59. The lowest BCUT2D eigenvalue weighted by Crippen LogP contribution is -2.30.